The van der Waals surface area contributed by atoms with E-state index >= 15 is 0 Å². The second-order valence-corrected chi connectivity index (χ2v) is 7.10. The minimum absolute atomic E-state index is 0.994. The SMILES string of the molecule is CC.CC.CC.PCc1ccc(-c2cccc(-c3ccc(CP)c(CP)c3)c2)cc1. The summed E-state index contributed by atoms with van der Waals surface area (Å²) in [6.45, 7) is 12.0. The third kappa shape index (κ3) is 8.60. The Bertz CT molecular complexity index is 824. The molecule has 0 fully saturated rings. The molecule has 0 nitrogen and oxygen atoms in total. The molecule has 3 unspecified atom stereocenters. The lowest BCUT2D eigenvalue weighted by atomic mass is 9.96. The van der Waals surface area contributed by atoms with Gasteiger partial charge in [0.05, 0.1) is 0 Å². The van der Waals surface area contributed by atoms with E-state index in [-0.39, 0.29) is 0 Å². The van der Waals surface area contributed by atoms with E-state index < -0.39 is 0 Å². The zero-order valence-electron chi connectivity index (χ0n) is 19.7. The fourth-order valence-corrected chi connectivity index (χ4v) is 3.96. The lowest BCUT2D eigenvalue weighted by molar-refractivity contribution is 1.28. The second kappa shape index (κ2) is 17.6. The highest BCUT2D eigenvalue weighted by atomic mass is 31.0. The van der Waals surface area contributed by atoms with E-state index in [0.717, 1.165) is 18.5 Å². The minimum atomic E-state index is 0.994. The summed E-state index contributed by atoms with van der Waals surface area (Å²) in [6.07, 6.45) is 3.00. The van der Waals surface area contributed by atoms with Gasteiger partial charge in [-0.15, -0.1) is 27.7 Å². The Labute approximate surface area is 193 Å². The lowest BCUT2D eigenvalue weighted by Gasteiger charge is -2.11. The molecule has 0 aliphatic rings. The molecule has 164 valence electrons. The largest absolute Gasteiger partial charge is 0.133 e. The molecular formula is C27H41P3. The van der Waals surface area contributed by atoms with Crippen molar-refractivity contribution in [2.75, 3.05) is 0 Å². The highest BCUT2D eigenvalue weighted by Crippen LogP contribution is 2.29. The molecule has 0 bridgehead atoms. The van der Waals surface area contributed by atoms with Crippen LogP contribution in [0.3, 0.4) is 0 Å². The van der Waals surface area contributed by atoms with Crippen molar-refractivity contribution in [2.24, 2.45) is 0 Å². The summed E-state index contributed by atoms with van der Waals surface area (Å²) in [7, 11) is 8.44. The predicted molar refractivity (Wildman–Crippen MR) is 152 cm³/mol. The van der Waals surface area contributed by atoms with Crippen LogP contribution in [-0.4, -0.2) is 0 Å². The molecule has 3 aromatic carbocycles. The third-order valence-electron chi connectivity index (χ3n) is 4.36. The summed E-state index contributed by atoms with van der Waals surface area (Å²) >= 11 is 0. The Morgan fingerprint density at radius 2 is 0.933 bits per heavy atom. The van der Waals surface area contributed by atoms with Crippen LogP contribution >= 0.6 is 27.7 Å². The summed E-state index contributed by atoms with van der Waals surface area (Å²) in [5, 5.41) is 0. The minimum Gasteiger partial charge on any atom is -0.133 e. The average Bonchev–Trinajstić information content (AvgIpc) is 2.87. The topological polar surface area (TPSA) is 0 Å². The van der Waals surface area contributed by atoms with Crippen molar-refractivity contribution in [1.29, 1.82) is 0 Å². The molecule has 0 aliphatic heterocycles. The van der Waals surface area contributed by atoms with Crippen molar-refractivity contribution >= 4 is 27.7 Å². The summed E-state index contributed by atoms with van der Waals surface area (Å²) in [6, 6.07) is 24.5. The maximum absolute atomic E-state index is 2.84. The molecule has 0 saturated carbocycles. The van der Waals surface area contributed by atoms with Gasteiger partial charge in [0.2, 0.25) is 0 Å². The van der Waals surface area contributed by atoms with E-state index in [2.05, 4.69) is 94.4 Å². The van der Waals surface area contributed by atoms with Crippen LogP contribution in [0.15, 0.2) is 66.7 Å². The van der Waals surface area contributed by atoms with Crippen molar-refractivity contribution in [3.8, 4) is 22.3 Å². The molecule has 0 heterocycles. The first-order valence-electron chi connectivity index (χ1n) is 11.2. The maximum Gasteiger partial charge on any atom is -0.0125 e. The van der Waals surface area contributed by atoms with Gasteiger partial charge in [-0.2, -0.15) is 0 Å². The van der Waals surface area contributed by atoms with E-state index in [4.69, 9.17) is 0 Å². The number of rotatable bonds is 5. The van der Waals surface area contributed by atoms with Gasteiger partial charge in [0.25, 0.3) is 0 Å². The van der Waals surface area contributed by atoms with Crippen molar-refractivity contribution in [3.63, 3.8) is 0 Å². The van der Waals surface area contributed by atoms with Gasteiger partial charge in [0.15, 0.2) is 0 Å². The summed E-state index contributed by atoms with van der Waals surface area (Å²) < 4.78 is 0. The summed E-state index contributed by atoms with van der Waals surface area (Å²) in [5.41, 5.74) is 9.26. The van der Waals surface area contributed by atoms with Gasteiger partial charge in [-0.3, -0.25) is 0 Å². The van der Waals surface area contributed by atoms with Gasteiger partial charge in [0, 0.05) is 0 Å². The smallest absolute Gasteiger partial charge is 0.0125 e. The zero-order chi connectivity index (χ0) is 22.9. The highest BCUT2D eigenvalue weighted by Gasteiger charge is 2.05. The molecular weight excluding hydrogens is 417 g/mol. The molecule has 30 heavy (non-hydrogen) atoms. The van der Waals surface area contributed by atoms with Crippen LogP contribution in [0.5, 0.6) is 0 Å². The molecule has 3 aromatic rings. The van der Waals surface area contributed by atoms with Gasteiger partial charge < -0.3 is 0 Å². The fourth-order valence-electron chi connectivity index (χ4n) is 2.91. The molecule has 0 aliphatic carbocycles. The standard InChI is InChI=1S/C21H23P3.3C2H6/c22-12-15-4-6-16(7-5-15)17-2-1-3-18(10-17)19-8-9-20(13-23)21(11-19)14-24;3*1-2/h1-11H,12-14,22-24H2;3*1-2H3. The van der Waals surface area contributed by atoms with Crippen LogP contribution in [0.1, 0.15) is 58.2 Å². The Morgan fingerprint density at radius 3 is 1.43 bits per heavy atom. The van der Waals surface area contributed by atoms with Gasteiger partial charge in [0.1, 0.15) is 0 Å². The van der Waals surface area contributed by atoms with E-state index in [9.17, 15) is 0 Å². The van der Waals surface area contributed by atoms with E-state index in [1.54, 1.807) is 0 Å². The van der Waals surface area contributed by atoms with Crippen molar-refractivity contribution in [3.05, 3.63) is 83.4 Å². The number of hydrogen-bond donors (Lipinski definition) is 0. The Morgan fingerprint density at radius 1 is 0.467 bits per heavy atom. The first-order chi connectivity index (χ1) is 14.7. The summed E-state index contributed by atoms with van der Waals surface area (Å²) in [4.78, 5) is 0. The highest BCUT2D eigenvalue weighted by molar-refractivity contribution is 7.16. The molecule has 3 atom stereocenters. The number of benzene rings is 3. The fraction of sp³-hybridized carbons (Fsp3) is 0.333. The third-order valence-corrected chi connectivity index (χ3v) is 5.72. The summed E-state index contributed by atoms with van der Waals surface area (Å²) in [5.74, 6) is 0. The molecule has 3 rings (SSSR count). The zero-order valence-corrected chi connectivity index (χ0v) is 23.2. The van der Waals surface area contributed by atoms with Crippen LogP contribution in [0.25, 0.3) is 22.3 Å². The first kappa shape index (κ1) is 28.9. The maximum atomic E-state index is 2.84. The van der Waals surface area contributed by atoms with Gasteiger partial charge in [-0.25, -0.2) is 0 Å². The second-order valence-electron chi connectivity index (χ2n) is 5.87. The van der Waals surface area contributed by atoms with Crippen LogP contribution in [0, 0.1) is 0 Å². The van der Waals surface area contributed by atoms with Crippen LogP contribution in [0.4, 0.5) is 0 Å². The van der Waals surface area contributed by atoms with Crippen molar-refractivity contribution in [1.82, 2.24) is 0 Å². The predicted octanol–water partition coefficient (Wildman–Crippen LogP) is 9.22. The van der Waals surface area contributed by atoms with E-state index in [1.165, 1.54) is 38.9 Å². The molecule has 0 spiro atoms. The lowest BCUT2D eigenvalue weighted by Crippen LogP contribution is -1.89. The Hall–Kier alpha value is -1.05. The van der Waals surface area contributed by atoms with Crippen LogP contribution < -0.4 is 0 Å². The monoisotopic (exact) mass is 458 g/mol. The van der Waals surface area contributed by atoms with Crippen LogP contribution in [-0.2, 0) is 18.5 Å². The number of hydrogen-bond acceptors (Lipinski definition) is 0. The molecule has 0 aromatic heterocycles. The van der Waals surface area contributed by atoms with Crippen molar-refractivity contribution in [2.45, 2.75) is 60.0 Å². The Balaban J connectivity index is 0.00000129. The van der Waals surface area contributed by atoms with Gasteiger partial charge in [-0.05, 0) is 63.5 Å². The van der Waals surface area contributed by atoms with Gasteiger partial charge >= 0.3 is 0 Å². The molecule has 0 N–H and O–H groups in total. The van der Waals surface area contributed by atoms with E-state index in [1.807, 2.05) is 41.5 Å². The van der Waals surface area contributed by atoms with Crippen molar-refractivity contribution < 1.29 is 0 Å². The quantitative estimate of drug-likeness (QED) is 0.334. The van der Waals surface area contributed by atoms with E-state index in [0.29, 0.717) is 0 Å². The van der Waals surface area contributed by atoms with Gasteiger partial charge in [-0.1, -0.05) is 102 Å². The first-order valence-corrected chi connectivity index (χ1v) is 13.6. The molecule has 0 saturated heterocycles. The molecule has 3 heteroatoms. The van der Waals surface area contributed by atoms with Crippen LogP contribution in [0.2, 0.25) is 0 Å². The molecule has 0 amide bonds. The average molecular weight is 459 g/mol. The normalized spacial score (nSPS) is 9.23. The Kier molecular flexibility index (Phi) is 17.0. The molecule has 0 radical (unpaired) electrons.